The Morgan fingerprint density at radius 3 is 2.89 bits per heavy atom. The fourth-order valence-corrected chi connectivity index (χ4v) is 2.58. The number of carbonyl (C=O) groups excluding carboxylic acids is 1. The van der Waals surface area contributed by atoms with Gasteiger partial charge in [0.05, 0.1) is 23.2 Å². The van der Waals surface area contributed by atoms with Gasteiger partial charge in [-0.2, -0.15) is 0 Å². The summed E-state index contributed by atoms with van der Waals surface area (Å²) in [6.07, 6.45) is 3.21. The number of benzene rings is 1. The number of hydrogen-bond acceptors (Lipinski definition) is 3. The highest BCUT2D eigenvalue weighted by Gasteiger charge is 2.25. The molecule has 0 unspecified atom stereocenters. The summed E-state index contributed by atoms with van der Waals surface area (Å²) in [5.74, 6) is 0.0566. The molecule has 3 N–H and O–H groups in total. The Bertz CT molecular complexity index is 560. The summed E-state index contributed by atoms with van der Waals surface area (Å²) >= 11 is 0. The molecule has 0 saturated heterocycles. The minimum atomic E-state index is -0.443. The molecule has 2 aromatic rings. The number of hydrogen-bond donors (Lipinski definition) is 3. The van der Waals surface area contributed by atoms with Crippen molar-refractivity contribution in [2.45, 2.75) is 37.8 Å². The number of nitrogens with one attached hydrogen (secondary N) is 2. The third-order valence-electron chi connectivity index (χ3n) is 3.65. The van der Waals surface area contributed by atoms with Crippen molar-refractivity contribution in [3.8, 4) is 0 Å². The summed E-state index contributed by atoms with van der Waals surface area (Å²) in [7, 11) is 0. The Hall–Kier alpha value is -1.88. The van der Waals surface area contributed by atoms with E-state index in [0.717, 1.165) is 36.7 Å². The van der Waals surface area contributed by atoms with E-state index < -0.39 is 6.10 Å². The van der Waals surface area contributed by atoms with Crippen molar-refractivity contribution < 1.29 is 9.90 Å². The fourth-order valence-electron chi connectivity index (χ4n) is 2.58. The Morgan fingerprint density at radius 1 is 1.32 bits per heavy atom. The number of H-pyrrole nitrogens is 1. The Labute approximate surface area is 111 Å². The molecule has 1 saturated carbocycles. The number of rotatable bonds is 2. The number of aromatic amines is 1. The number of fused-ring (bicyclic) bond motifs is 1. The van der Waals surface area contributed by atoms with Crippen molar-refractivity contribution in [1.29, 1.82) is 0 Å². The van der Waals surface area contributed by atoms with Crippen LogP contribution in [-0.4, -0.2) is 33.1 Å². The fraction of sp³-hybridized carbons (Fsp3) is 0.429. The van der Waals surface area contributed by atoms with Gasteiger partial charge in [0, 0.05) is 0 Å². The van der Waals surface area contributed by atoms with Gasteiger partial charge < -0.3 is 15.4 Å². The van der Waals surface area contributed by atoms with Crippen molar-refractivity contribution in [3.63, 3.8) is 0 Å². The molecule has 1 aromatic heterocycles. The first kappa shape index (κ1) is 12.2. The second-order valence-electron chi connectivity index (χ2n) is 5.03. The van der Waals surface area contributed by atoms with Crippen LogP contribution in [0.4, 0.5) is 0 Å². The topological polar surface area (TPSA) is 78.0 Å². The second kappa shape index (κ2) is 5.01. The van der Waals surface area contributed by atoms with Crippen molar-refractivity contribution >= 4 is 16.9 Å². The van der Waals surface area contributed by atoms with Gasteiger partial charge in [-0.05, 0) is 25.0 Å². The van der Waals surface area contributed by atoms with Crippen LogP contribution < -0.4 is 5.32 Å². The zero-order valence-corrected chi connectivity index (χ0v) is 10.6. The largest absolute Gasteiger partial charge is 0.391 e. The number of para-hydroxylation sites is 2. The molecule has 0 aliphatic heterocycles. The van der Waals surface area contributed by atoms with Crippen LogP contribution in [0.25, 0.3) is 11.0 Å². The molecule has 0 spiro atoms. The first-order valence-corrected chi connectivity index (χ1v) is 6.68. The summed E-state index contributed by atoms with van der Waals surface area (Å²) in [5, 5.41) is 12.7. The Kier molecular flexibility index (Phi) is 3.21. The number of aliphatic hydroxyl groups excluding tert-OH is 1. The Balaban J connectivity index is 1.76. The zero-order chi connectivity index (χ0) is 13.2. The van der Waals surface area contributed by atoms with Gasteiger partial charge in [-0.3, -0.25) is 4.79 Å². The molecule has 0 bridgehead atoms. The van der Waals surface area contributed by atoms with Crippen LogP contribution in [0.15, 0.2) is 24.3 Å². The summed E-state index contributed by atoms with van der Waals surface area (Å²) in [4.78, 5) is 19.4. The lowest BCUT2D eigenvalue weighted by atomic mass is 9.92. The third-order valence-corrected chi connectivity index (χ3v) is 3.65. The molecule has 2 atom stereocenters. The van der Waals surface area contributed by atoms with E-state index in [4.69, 9.17) is 0 Å². The first-order chi connectivity index (χ1) is 9.24. The predicted octanol–water partition coefficient (Wildman–Crippen LogP) is 1.60. The minimum absolute atomic E-state index is 0.158. The maximum atomic E-state index is 12.1. The number of aromatic nitrogens is 2. The van der Waals surface area contributed by atoms with E-state index in [1.165, 1.54) is 0 Å². The summed E-state index contributed by atoms with van der Waals surface area (Å²) in [6, 6.07) is 7.37. The van der Waals surface area contributed by atoms with Crippen molar-refractivity contribution in [2.75, 3.05) is 0 Å². The van der Waals surface area contributed by atoms with Gasteiger partial charge in [-0.15, -0.1) is 0 Å². The molecule has 100 valence electrons. The lowest BCUT2D eigenvalue weighted by molar-refractivity contribution is 0.0711. The number of imidazole rings is 1. The number of carbonyl (C=O) groups is 1. The van der Waals surface area contributed by atoms with Crippen LogP contribution in [0, 0.1) is 0 Å². The van der Waals surface area contributed by atoms with Gasteiger partial charge in [0.15, 0.2) is 5.82 Å². The lowest BCUT2D eigenvalue weighted by Gasteiger charge is -2.27. The molecule has 3 rings (SSSR count). The average Bonchev–Trinajstić information content (AvgIpc) is 2.85. The van der Waals surface area contributed by atoms with E-state index in [9.17, 15) is 9.90 Å². The van der Waals surface area contributed by atoms with Gasteiger partial charge >= 0.3 is 0 Å². The molecular weight excluding hydrogens is 242 g/mol. The van der Waals surface area contributed by atoms with Crippen LogP contribution in [0.1, 0.15) is 36.3 Å². The predicted molar refractivity (Wildman–Crippen MR) is 71.8 cm³/mol. The van der Waals surface area contributed by atoms with E-state index in [-0.39, 0.29) is 11.9 Å². The first-order valence-electron chi connectivity index (χ1n) is 6.68. The second-order valence-corrected chi connectivity index (χ2v) is 5.03. The normalized spacial score (nSPS) is 23.4. The standard InChI is InChI=1S/C14H17N3O2/c18-12-8-4-3-7-11(12)17-14(19)13-15-9-5-1-2-6-10(9)16-13/h1-2,5-6,11-12,18H,3-4,7-8H2,(H,15,16)(H,17,19)/t11-,12+/m0/s1. The highest BCUT2D eigenvalue weighted by Crippen LogP contribution is 2.19. The van der Waals surface area contributed by atoms with Gasteiger partial charge in [0.25, 0.3) is 5.91 Å². The highest BCUT2D eigenvalue weighted by atomic mass is 16.3. The van der Waals surface area contributed by atoms with Crippen LogP contribution >= 0.6 is 0 Å². The smallest absolute Gasteiger partial charge is 0.287 e. The van der Waals surface area contributed by atoms with Gasteiger partial charge in [-0.1, -0.05) is 25.0 Å². The molecule has 19 heavy (non-hydrogen) atoms. The van der Waals surface area contributed by atoms with Crippen LogP contribution in [0.2, 0.25) is 0 Å². The summed E-state index contributed by atoms with van der Waals surface area (Å²) in [5.41, 5.74) is 1.62. The van der Waals surface area contributed by atoms with Crippen LogP contribution in [0.3, 0.4) is 0 Å². The zero-order valence-electron chi connectivity index (χ0n) is 10.6. The number of amides is 1. The summed E-state index contributed by atoms with van der Waals surface area (Å²) in [6.45, 7) is 0. The Morgan fingerprint density at radius 2 is 2.11 bits per heavy atom. The average molecular weight is 259 g/mol. The molecular formula is C14H17N3O2. The van der Waals surface area contributed by atoms with E-state index in [1.807, 2.05) is 24.3 Å². The maximum absolute atomic E-state index is 12.1. The summed E-state index contributed by atoms with van der Waals surface area (Å²) < 4.78 is 0. The van der Waals surface area contributed by atoms with Gasteiger partial charge in [-0.25, -0.2) is 4.98 Å². The van der Waals surface area contributed by atoms with E-state index >= 15 is 0 Å². The van der Waals surface area contributed by atoms with E-state index in [1.54, 1.807) is 0 Å². The van der Waals surface area contributed by atoms with Crippen molar-refractivity contribution in [1.82, 2.24) is 15.3 Å². The number of aliphatic hydroxyl groups is 1. The quantitative estimate of drug-likeness (QED) is 0.766. The van der Waals surface area contributed by atoms with Crippen molar-refractivity contribution in [2.24, 2.45) is 0 Å². The lowest BCUT2D eigenvalue weighted by Crippen LogP contribution is -2.45. The van der Waals surface area contributed by atoms with E-state index in [2.05, 4.69) is 15.3 Å². The van der Waals surface area contributed by atoms with Crippen molar-refractivity contribution in [3.05, 3.63) is 30.1 Å². The molecule has 1 heterocycles. The number of nitrogens with zero attached hydrogens (tertiary/aromatic N) is 1. The third kappa shape index (κ3) is 2.46. The van der Waals surface area contributed by atoms with Gasteiger partial charge in [0.2, 0.25) is 0 Å². The molecule has 5 heteroatoms. The maximum Gasteiger partial charge on any atom is 0.287 e. The monoisotopic (exact) mass is 259 g/mol. The van der Waals surface area contributed by atoms with Gasteiger partial charge in [0.1, 0.15) is 0 Å². The molecule has 0 radical (unpaired) electrons. The minimum Gasteiger partial charge on any atom is -0.391 e. The molecule has 1 fully saturated rings. The highest BCUT2D eigenvalue weighted by molar-refractivity contribution is 5.94. The molecule has 1 aliphatic carbocycles. The molecule has 1 aliphatic rings. The van der Waals surface area contributed by atoms with Crippen LogP contribution in [0.5, 0.6) is 0 Å². The van der Waals surface area contributed by atoms with Crippen LogP contribution in [-0.2, 0) is 0 Å². The molecule has 5 nitrogen and oxygen atoms in total. The molecule has 1 aromatic carbocycles. The molecule has 1 amide bonds. The van der Waals surface area contributed by atoms with E-state index in [0.29, 0.717) is 5.82 Å². The SMILES string of the molecule is O=C(N[C@H]1CCCC[C@H]1O)c1nc2ccccc2[nH]1.